The molecule has 31 heavy (non-hydrogen) atoms. The SMILES string of the molecule is O=C([O-])C1CCC(c2ccccc2)CC1.O=C([O-])C1CCC(c2ccccc2)CC1.[Ca+2]. The Labute approximate surface area is 215 Å². The Bertz CT molecular complexity index is 723. The molecule has 2 aromatic rings. The second-order valence-corrected chi connectivity index (χ2v) is 8.56. The number of hydrogen-bond donors (Lipinski definition) is 0. The first-order chi connectivity index (χ1) is 14.5. The number of carbonyl (C=O) groups is 2. The van der Waals surface area contributed by atoms with Crippen molar-refractivity contribution in [2.24, 2.45) is 11.8 Å². The van der Waals surface area contributed by atoms with Crippen LogP contribution in [0.25, 0.3) is 0 Å². The fourth-order valence-electron chi connectivity index (χ4n) is 4.78. The summed E-state index contributed by atoms with van der Waals surface area (Å²) in [6, 6.07) is 20.7. The van der Waals surface area contributed by atoms with E-state index in [0.29, 0.717) is 11.8 Å². The molecule has 4 nitrogen and oxygen atoms in total. The molecule has 160 valence electrons. The molecule has 2 aromatic carbocycles. The van der Waals surface area contributed by atoms with E-state index in [2.05, 4.69) is 24.3 Å². The second-order valence-electron chi connectivity index (χ2n) is 8.56. The number of benzene rings is 2. The molecule has 0 bridgehead atoms. The fraction of sp³-hybridized carbons (Fsp3) is 0.462. The third-order valence-electron chi connectivity index (χ3n) is 6.66. The van der Waals surface area contributed by atoms with Crippen molar-refractivity contribution in [3.05, 3.63) is 71.8 Å². The maximum absolute atomic E-state index is 10.7. The van der Waals surface area contributed by atoms with E-state index in [9.17, 15) is 19.8 Å². The zero-order valence-corrected chi connectivity index (χ0v) is 20.3. The molecule has 0 atom stereocenters. The predicted octanol–water partition coefficient (Wildman–Crippen LogP) is 3.04. The van der Waals surface area contributed by atoms with Crippen LogP contribution in [0.5, 0.6) is 0 Å². The molecule has 0 aromatic heterocycles. The monoisotopic (exact) mass is 446 g/mol. The van der Waals surface area contributed by atoms with E-state index in [-0.39, 0.29) is 49.6 Å². The maximum atomic E-state index is 10.7. The average molecular weight is 447 g/mol. The van der Waals surface area contributed by atoms with Gasteiger partial charge < -0.3 is 19.8 Å². The number of carboxylic acid groups (broad SMARTS) is 2. The molecule has 2 aliphatic rings. The topological polar surface area (TPSA) is 80.3 Å². The van der Waals surface area contributed by atoms with Crippen LogP contribution < -0.4 is 10.2 Å². The standard InChI is InChI=1S/2C13H16O2.Ca/c2*14-13(15)12-8-6-11(7-9-12)10-4-2-1-3-5-10;/h2*1-5,11-12H,6-9H2,(H,14,15);/q;;+2/p-2. The summed E-state index contributed by atoms with van der Waals surface area (Å²) < 4.78 is 0. The van der Waals surface area contributed by atoms with Crippen LogP contribution in [0.2, 0.25) is 0 Å². The van der Waals surface area contributed by atoms with Crippen molar-refractivity contribution in [1.82, 2.24) is 0 Å². The van der Waals surface area contributed by atoms with Crippen LogP contribution >= 0.6 is 0 Å². The van der Waals surface area contributed by atoms with Gasteiger partial charge in [-0.05, 0) is 86.2 Å². The molecule has 2 saturated carbocycles. The maximum Gasteiger partial charge on any atom is 2.00 e. The van der Waals surface area contributed by atoms with Crippen LogP contribution in [0.4, 0.5) is 0 Å². The number of rotatable bonds is 4. The van der Waals surface area contributed by atoms with Gasteiger partial charge in [0.2, 0.25) is 0 Å². The Balaban J connectivity index is 0.000000213. The molecule has 0 radical (unpaired) electrons. The van der Waals surface area contributed by atoms with E-state index in [4.69, 9.17) is 0 Å². The summed E-state index contributed by atoms with van der Waals surface area (Å²) in [7, 11) is 0. The molecule has 0 saturated heterocycles. The molecular weight excluding hydrogens is 416 g/mol. The van der Waals surface area contributed by atoms with Gasteiger partial charge in [-0.15, -0.1) is 0 Å². The van der Waals surface area contributed by atoms with E-state index in [0.717, 1.165) is 51.4 Å². The molecule has 0 unspecified atom stereocenters. The van der Waals surface area contributed by atoms with Gasteiger partial charge in [0.25, 0.3) is 0 Å². The summed E-state index contributed by atoms with van der Waals surface area (Å²) in [5.41, 5.74) is 2.68. The van der Waals surface area contributed by atoms with Crippen molar-refractivity contribution >= 4 is 49.7 Å². The van der Waals surface area contributed by atoms with Crippen molar-refractivity contribution in [3.8, 4) is 0 Å². The van der Waals surface area contributed by atoms with Crippen LogP contribution in [0, 0.1) is 11.8 Å². The minimum absolute atomic E-state index is 0. The van der Waals surface area contributed by atoms with Crippen LogP contribution in [-0.2, 0) is 9.59 Å². The van der Waals surface area contributed by atoms with Crippen LogP contribution in [-0.4, -0.2) is 49.7 Å². The summed E-state index contributed by atoms with van der Waals surface area (Å²) in [6.45, 7) is 0. The molecule has 0 heterocycles. The Morgan fingerprint density at radius 1 is 0.548 bits per heavy atom. The van der Waals surface area contributed by atoms with Crippen molar-refractivity contribution < 1.29 is 19.8 Å². The van der Waals surface area contributed by atoms with Gasteiger partial charge in [-0.2, -0.15) is 0 Å². The first-order valence-corrected chi connectivity index (χ1v) is 11.1. The van der Waals surface area contributed by atoms with Gasteiger partial charge in [-0.25, -0.2) is 0 Å². The third kappa shape index (κ3) is 7.93. The first-order valence-electron chi connectivity index (χ1n) is 11.1. The van der Waals surface area contributed by atoms with Crippen LogP contribution in [0.15, 0.2) is 60.7 Å². The van der Waals surface area contributed by atoms with E-state index >= 15 is 0 Å². The number of carboxylic acids is 2. The van der Waals surface area contributed by atoms with Gasteiger partial charge in [0.15, 0.2) is 0 Å². The minimum atomic E-state index is -0.874. The summed E-state index contributed by atoms with van der Waals surface area (Å²) in [6.07, 6.45) is 6.96. The minimum Gasteiger partial charge on any atom is -0.550 e. The van der Waals surface area contributed by atoms with Crippen molar-refractivity contribution in [1.29, 1.82) is 0 Å². The van der Waals surface area contributed by atoms with E-state index in [1.807, 2.05) is 36.4 Å². The zero-order valence-electron chi connectivity index (χ0n) is 18.1. The van der Waals surface area contributed by atoms with Gasteiger partial charge >= 0.3 is 37.7 Å². The largest absolute Gasteiger partial charge is 2.00 e. The molecule has 2 aliphatic carbocycles. The summed E-state index contributed by atoms with van der Waals surface area (Å²) in [5.74, 6) is -1.10. The van der Waals surface area contributed by atoms with Gasteiger partial charge in [0.05, 0.1) is 0 Å². The van der Waals surface area contributed by atoms with Gasteiger partial charge in [-0.3, -0.25) is 0 Å². The van der Waals surface area contributed by atoms with Crippen molar-refractivity contribution in [2.45, 2.75) is 63.2 Å². The zero-order chi connectivity index (χ0) is 21.3. The average Bonchev–Trinajstić information content (AvgIpc) is 2.81. The predicted molar refractivity (Wildman–Crippen MR) is 118 cm³/mol. The van der Waals surface area contributed by atoms with Crippen LogP contribution in [0.3, 0.4) is 0 Å². The Hall–Kier alpha value is -1.36. The Morgan fingerprint density at radius 3 is 1.10 bits per heavy atom. The van der Waals surface area contributed by atoms with Crippen molar-refractivity contribution in [2.75, 3.05) is 0 Å². The smallest absolute Gasteiger partial charge is 0.550 e. The Kier molecular flexibility index (Phi) is 11.1. The quantitative estimate of drug-likeness (QED) is 0.676. The molecule has 0 spiro atoms. The number of carbonyl (C=O) groups excluding carboxylic acids is 2. The summed E-state index contributed by atoms with van der Waals surface area (Å²) >= 11 is 0. The number of aliphatic carboxylic acids is 2. The molecular formula is C26H30CaO4. The third-order valence-corrected chi connectivity index (χ3v) is 6.66. The molecule has 2 fully saturated rings. The molecule has 5 heteroatoms. The normalized spacial score (nSPS) is 25.3. The van der Waals surface area contributed by atoms with Gasteiger partial charge in [-0.1, -0.05) is 60.7 Å². The summed E-state index contributed by atoms with van der Waals surface area (Å²) in [5, 5.41) is 21.4. The van der Waals surface area contributed by atoms with Gasteiger partial charge in [0.1, 0.15) is 0 Å². The molecule has 0 aliphatic heterocycles. The fourth-order valence-corrected chi connectivity index (χ4v) is 4.78. The van der Waals surface area contributed by atoms with Crippen molar-refractivity contribution in [3.63, 3.8) is 0 Å². The molecule has 0 N–H and O–H groups in total. The van der Waals surface area contributed by atoms with E-state index < -0.39 is 11.9 Å². The summed E-state index contributed by atoms with van der Waals surface area (Å²) in [4.78, 5) is 21.4. The molecule has 4 rings (SSSR count). The van der Waals surface area contributed by atoms with Crippen LogP contribution in [0.1, 0.15) is 74.3 Å². The first kappa shape index (κ1) is 25.9. The van der Waals surface area contributed by atoms with Gasteiger partial charge in [0, 0.05) is 11.9 Å². The second kappa shape index (κ2) is 13.2. The molecule has 0 amide bonds. The van der Waals surface area contributed by atoms with E-state index in [1.54, 1.807) is 0 Å². The van der Waals surface area contributed by atoms with E-state index in [1.165, 1.54) is 11.1 Å². The Morgan fingerprint density at radius 2 is 0.839 bits per heavy atom. The number of hydrogen-bond acceptors (Lipinski definition) is 4.